The molecule has 5 heteroatoms. The maximum absolute atomic E-state index is 14.1. The number of carbonyl (C=O) groups excluding carboxylic acids is 1. The molecule has 0 radical (unpaired) electrons. The molecule has 1 amide bonds. The highest BCUT2D eigenvalue weighted by atomic mass is 16.5. The molecular weight excluding hydrogens is 604 g/mol. The van der Waals surface area contributed by atoms with Crippen molar-refractivity contribution in [3.05, 3.63) is 89.2 Å². The summed E-state index contributed by atoms with van der Waals surface area (Å²) in [5, 5.41) is 0. The summed E-state index contributed by atoms with van der Waals surface area (Å²) in [6.45, 7) is 13.9. The van der Waals surface area contributed by atoms with E-state index in [1.54, 1.807) is 7.11 Å². The van der Waals surface area contributed by atoms with Crippen molar-refractivity contribution in [2.24, 2.45) is 0 Å². The highest BCUT2D eigenvalue weighted by molar-refractivity contribution is 5.96. The van der Waals surface area contributed by atoms with Gasteiger partial charge in [-0.25, -0.2) is 4.57 Å². The third-order valence-corrected chi connectivity index (χ3v) is 9.38. The largest absolute Gasteiger partial charge is 0.496 e. The number of para-hydroxylation sites is 1. The van der Waals surface area contributed by atoms with Crippen LogP contribution in [0.25, 0.3) is 0 Å². The van der Waals surface area contributed by atoms with Gasteiger partial charge in [-0.1, -0.05) is 136 Å². The van der Waals surface area contributed by atoms with Crippen molar-refractivity contribution in [2.75, 3.05) is 13.7 Å². The molecule has 0 unspecified atom stereocenters. The molecule has 3 aromatic rings. The van der Waals surface area contributed by atoms with Crippen LogP contribution in [-0.2, 0) is 25.0 Å². The molecule has 5 nitrogen and oxygen atoms in total. The summed E-state index contributed by atoms with van der Waals surface area (Å²) in [6, 6.07) is 18.2. The quantitative estimate of drug-likeness (QED) is 0.0703. The van der Waals surface area contributed by atoms with Crippen LogP contribution in [0, 0.1) is 0 Å². The number of aryl methyl sites for hydroxylation is 1. The van der Waals surface area contributed by atoms with E-state index < -0.39 is 0 Å². The van der Waals surface area contributed by atoms with Gasteiger partial charge in [0.05, 0.1) is 25.8 Å². The van der Waals surface area contributed by atoms with E-state index in [0.29, 0.717) is 24.4 Å². The van der Waals surface area contributed by atoms with Crippen molar-refractivity contribution in [3.63, 3.8) is 0 Å². The minimum Gasteiger partial charge on any atom is -0.496 e. The third kappa shape index (κ3) is 14.6. The lowest BCUT2D eigenvalue weighted by Crippen LogP contribution is -2.35. The van der Waals surface area contributed by atoms with Crippen LogP contribution in [0.2, 0.25) is 0 Å². The maximum Gasteiger partial charge on any atom is 0.258 e. The van der Waals surface area contributed by atoms with Crippen molar-refractivity contribution in [3.8, 4) is 11.5 Å². The highest BCUT2D eigenvalue weighted by Crippen LogP contribution is 2.33. The minimum absolute atomic E-state index is 0.0428. The summed E-state index contributed by atoms with van der Waals surface area (Å²) < 4.78 is 14.2. The maximum atomic E-state index is 14.1. The summed E-state index contributed by atoms with van der Waals surface area (Å²) in [7, 11) is 1.62. The van der Waals surface area contributed by atoms with E-state index in [1.807, 2.05) is 29.2 Å². The van der Waals surface area contributed by atoms with Gasteiger partial charge >= 0.3 is 0 Å². The smallest absolute Gasteiger partial charge is 0.258 e. The first kappa shape index (κ1) is 40.1. The Kier molecular flexibility index (Phi) is 18.3. The van der Waals surface area contributed by atoms with Crippen molar-refractivity contribution < 1.29 is 18.8 Å². The first-order valence-corrected chi connectivity index (χ1v) is 19.4. The lowest BCUT2D eigenvalue weighted by molar-refractivity contribution is -0.697. The number of pyridine rings is 1. The van der Waals surface area contributed by atoms with Gasteiger partial charge in [-0.15, -0.1) is 0 Å². The molecular formula is C44H67N2O3+. The van der Waals surface area contributed by atoms with E-state index >= 15 is 0 Å². The zero-order chi connectivity index (χ0) is 35.3. The van der Waals surface area contributed by atoms with Crippen LogP contribution < -0.4 is 14.0 Å². The van der Waals surface area contributed by atoms with Gasteiger partial charge in [-0.2, -0.15) is 0 Å². The van der Waals surface area contributed by atoms with E-state index in [9.17, 15) is 4.79 Å². The molecule has 0 aliphatic carbocycles. The molecule has 1 heterocycles. The molecule has 2 aromatic carbocycles. The molecule has 1 aromatic heterocycles. The number of benzene rings is 2. The van der Waals surface area contributed by atoms with E-state index in [1.165, 1.54) is 89.0 Å². The highest BCUT2D eigenvalue weighted by Gasteiger charge is 2.24. The van der Waals surface area contributed by atoms with Crippen molar-refractivity contribution in [1.82, 2.24) is 4.90 Å². The number of rotatable bonds is 24. The number of carbonyl (C=O) groups is 1. The SMILES string of the molecule is CCCCCCCCCCCCCCCCOc1ccc(CN(Cc2ccc[n+](CCC)c2)C(=O)c2ccccc2OC)cc1C(C)(C)C. The molecule has 0 aliphatic heterocycles. The van der Waals surface area contributed by atoms with Crippen molar-refractivity contribution >= 4 is 5.91 Å². The summed E-state index contributed by atoms with van der Waals surface area (Å²) in [4.78, 5) is 16.0. The van der Waals surface area contributed by atoms with Crippen LogP contribution in [0.15, 0.2) is 67.0 Å². The first-order valence-electron chi connectivity index (χ1n) is 19.4. The van der Waals surface area contributed by atoms with E-state index in [-0.39, 0.29) is 11.3 Å². The Balaban J connectivity index is 1.58. The van der Waals surface area contributed by atoms with Gasteiger partial charge in [0, 0.05) is 24.6 Å². The molecule has 0 atom stereocenters. The van der Waals surface area contributed by atoms with Gasteiger partial charge in [0.25, 0.3) is 5.91 Å². The molecule has 0 N–H and O–H groups in total. The van der Waals surface area contributed by atoms with Crippen molar-refractivity contribution in [1.29, 1.82) is 0 Å². The number of methoxy groups -OCH3 is 1. The monoisotopic (exact) mass is 672 g/mol. The number of aromatic nitrogens is 1. The standard InChI is InChI=1S/C44H67N2O3/c1-7-9-10-11-12-13-14-15-16-17-18-19-20-23-32-49-42-29-28-37(33-40(42)44(3,4)5)35-46(36-38-25-24-31-45(34-38)30-8-2)43(47)39-26-21-22-27-41(39)48-6/h21-22,24-29,31,33-34H,7-20,23,30,32,35-36H2,1-6H3/q+1. The Morgan fingerprint density at radius 3 is 1.92 bits per heavy atom. The Morgan fingerprint density at radius 1 is 0.694 bits per heavy atom. The van der Waals surface area contributed by atoms with Gasteiger partial charge in [-0.3, -0.25) is 4.79 Å². The van der Waals surface area contributed by atoms with Gasteiger partial charge in [0.1, 0.15) is 18.0 Å². The second-order valence-electron chi connectivity index (χ2n) is 14.8. The van der Waals surface area contributed by atoms with Gasteiger partial charge in [-0.05, 0) is 53.3 Å². The predicted molar refractivity (Wildman–Crippen MR) is 204 cm³/mol. The third-order valence-electron chi connectivity index (χ3n) is 9.38. The van der Waals surface area contributed by atoms with Crippen LogP contribution in [-0.4, -0.2) is 24.5 Å². The Labute approximate surface area is 299 Å². The summed E-state index contributed by atoms with van der Waals surface area (Å²) in [5.74, 6) is 1.50. The fraction of sp³-hybridized carbons (Fsp3) is 0.591. The van der Waals surface area contributed by atoms with Crippen LogP contribution in [0.5, 0.6) is 11.5 Å². The van der Waals surface area contributed by atoms with Crippen LogP contribution in [0.4, 0.5) is 0 Å². The molecule has 3 rings (SSSR count). The van der Waals surface area contributed by atoms with Gasteiger partial charge in [0.15, 0.2) is 12.4 Å². The van der Waals surface area contributed by atoms with E-state index in [0.717, 1.165) is 42.9 Å². The van der Waals surface area contributed by atoms with Crippen LogP contribution >= 0.6 is 0 Å². The van der Waals surface area contributed by atoms with Crippen LogP contribution in [0.3, 0.4) is 0 Å². The molecule has 0 bridgehead atoms. The second kappa shape index (κ2) is 22.4. The summed E-state index contributed by atoms with van der Waals surface area (Å²) in [5.41, 5.74) is 3.86. The van der Waals surface area contributed by atoms with E-state index in [2.05, 4.69) is 81.9 Å². The summed E-state index contributed by atoms with van der Waals surface area (Å²) >= 11 is 0. The van der Waals surface area contributed by atoms with Gasteiger partial charge < -0.3 is 14.4 Å². The van der Waals surface area contributed by atoms with Gasteiger partial charge in [0.2, 0.25) is 0 Å². The molecule has 0 spiro atoms. The minimum atomic E-state index is -0.0938. The zero-order valence-electron chi connectivity index (χ0n) is 31.9. The Hall–Kier alpha value is -3.34. The molecule has 49 heavy (non-hydrogen) atoms. The molecule has 270 valence electrons. The number of ether oxygens (including phenoxy) is 2. The fourth-order valence-electron chi connectivity index (χ4n) is 6.57. The Bertz CT molecular complexity index is 1360. The fourth-order valence-corrected chi connectivity index (χ4v) is 6.57. The second-order valence-corrected chi connectivity index (χ2v) is 14.8. The zero-order valence-corrected chi connectivity index (χ0v) is 31.9. The number of unbranched alkanes of at least 4 members (excludes halogenated alkanes) is 13. The van der Waals surface area contributed by atoms with Crippen LogP contribution in [0.1, 0.15) is 158 Å². The normalized spacial score (nSPS) is 11.5. The predicted octanol–water partition coefficient (Wildman–Crippen LogP) is 11.4. The van der Waals surface area contributed by atoms with E-state index in [4.69, 9.17) is 9.47 Å². The number of amides is 1. The average molecular weight is 672 g/mol. The topological polar surface area (TPSA) is 42.7 Å². The number of nitrogens with zero attached hydrogens (tertiary/aromatic N) is 2. The molecule has 0 saturated heterocycles. The lowest BCUT2D eigenvalue weighted by atomic mass is 9.85. The Morgan fingerprint density at radius 2 is 1.31 bits per heavy atom. The summed E-state index contributed by atoms with van der Waals surface area (Å²) in [6.07, 6.45) is 24.2. The van der Waals surface area contributed by atoms with Crippen molar-refractivity contribution in [2.45, 2.75) is 156 Å². The molecule has 0 fully saturated rings. The lowest BCUT2D eigenvalue weighted by Gasteiger charge is -2.27. The number of hydrogen-bond acceptors (Lipinski definition) is 3. The molecule has 0 aliphatic rings. The first-order chi connectivity index (χ1) is 23.8. The average Bonchev–Trinajstić information content (AvgIpc) is 3.09. The molecule has 0 saturated carbocycles. The number of hydrogen-bond donors (Lipinski definition) is 0.